The van der Waals surface area contributed by atoms with Gasteiger partial charge in [0.15, 0.2) is 0 Å². The van der Waals surface area contributed by atoms with Gasteiger partial charge in [-0.15, -0.1) is 0 Å². The normalized spacial score (nSPS) is 19.9. The Balaban J connectivity index is 1.23. The van der Waals surface area contributed by atoms with Crippen LogP contribution in [0, 0.1) is 11.3 Å². The number of rotatable bonds is 8. The third-order valence-corrected chi connectivity index (χ3v) is 5.29. The van der Waals surface area contributed by atoms with Crippen LogP contribution in [-0.2, 0) is 17.9 Å². The van der Waals surface area contributed by atoms with Crippen molar-refractivity contribution in [1.29, 1.82) is 5.26 Å². The smallest absolute Gasteiger partial charge is 0.120 e. The molecule has 4 rings (SSSR count). The Hall–Kier alpha value is -2.39. The van der Waals surface area contributed by atoms with E-state index >= 15 is 0 Å². The highest BCUT2D eigenvalue weighted by Gasteiger charge is 2.32. The maximum atomic E-state index is 9.00. The zero-order valence-electron chi connectivity index (χ0n) is 16.1. The van der Waals surface area contributed by atoms with Gasteiger partial charge in [0, 0.05) is 32.2 Å². The van der Waals surface area contributed by atoms with Crippen LogP contribution in [0.2, 0.25) is 0 Å². The third kappa shape index (κ3) is 5.32. The second kappa shape index (κ2) is 9.20. The molecule has 1 atom stereocenters. The summed E-state index contributed by atoms with van der Waals surface area (Å²) < 4.78 is 11.8. The van der Waals surface area contributed by atoms with E-state index in [0.717, 1.165) is 50.1 Å². The van der Waals surface area contributed by atoms with Crippen molar-refractivity contribution in [2.75, 3.05) is 26.2 Å². The van der Waals surface area contributed by atoms with E-state index in [9.17, 15) is 0 Å². The number of hydrogen-bond donors (Lipinski definition) is 1. The summed E-state index contributed by atoms with van der Waals surface area (Å²) >= 11 is 0. The number of nitrogens with zero attached hydrogens (tertiary/aromatic N) is 2. The minimum atomic E-state index is 0.279. The number of hydrogen-bond acceptors (Lipinski definition) is 5. The van der Waals surface area contributed by atoms with Crippen LogP contribution in [-0.4, -0.2) is 43.3 Å². The molecular weight excluding hydrogens is 350 g/mol. The standard InChI is InChI=1S/C23H27N3O2/c24-13-18-3-1-5-20(11-18)17-28-22-6-2-4-19(12-22)14-25-15-23-16-26(9-10-27-23)21-7-8-21/h1-6,11-12,21,23,25H,7-10,14-17H2. The Morgan fingerprint density at radius 3 is 2.86 bits per heavy atom. The first-order valence-electron chi connectivity index (χ1n) is 10.1. The van der Waals surface area contributed by atoms with Crippen molar-refractivity contribution < 1.29 is 9.47 Å². The summed E-state index contributed by atoms with van der Waals surface area (Å²) in [5.74, 6) is 0.843. The summed E-state index contributed by atoms with van der Waals surface area (Å²) in [6.07, 6.45) is 2.99. The lowest BCUT2D eigenvalue weighted by molar-refractivity contribution is -0.0301. The summed E-state index contributed by atoms with van der Waals surface area (Å²) in [4.78, 5) is 2.58. The molecule has 146 valence electrons. The first kappa shape index (κ1) is 18.9. The summed E-state index contributed by atoms with van der Waals surface area (Å²) in [5, 5.41) is 12.5. The number of nitriles is 1. The molecule has 1 saturated carbocycles. The van der Waals surface area contributed by atoms with E-state index < -0.39 is 0 Å². The van der Waals surface area contributed by atoms with E-state index in [1.165, 1.54) is 18.4 Å². The third-order valence-electron chi connectivity index (χ3n) is 5.29. The summed E-state index contributed by atoms with van der Waals surface area (Å²) in [7, 11) is 0. The maximum Gasteiger partial charge on any atom is 0.120 e. The van der Waals surface area contributed by atoms with Crippen LogP contribution in [0.3, 0.4) is 0 Å². The van der Waals surface area contributed by atoms with Crippen LogP contribution in [0.15, 0.2) is 48.5 Å². The summed E-state index contributed by atoms with van der Waals surface area (Å²) in [5.41, 5.74) is 2.85. The highest BCUT2D eigenvalue weighted by atomic mass is 16.5. The average molecular weight is 377 g/mol. The van der Waals surface area contributed by atoms with Gasteiger partial charge in [0.1, 0.15) is 12.4 Å². The highest BCUT2D eigenvalue weighted by Crippen LogP contribution is 2.28. The lowest BCUT2D eigenvalue weighted by Crippen LogP contribution is -2.47. The largest absolute Gasteiger partial charge is 0.489 e. The molecule has 1 saturated heterocycles. The molecule has 2 aromatic rings. The fourth-order valence-electron chi connectivity index (χ4n) is 3.66. The molecule has 5 heteroatoms. The van der Waals surface area contributed by atoms with Gasteiger partial charge in [-0.1, -0.05) is 24.3 Å². The Labute approximate surface area is 166 Å². The van der Waals surface area contributed by atoms with Crippen molar-refractivity contribution in [3.63, 3.8) is 0 Å². The van der Waals surface area contributed by atoms with Crippen molar-refractivity contribution in [2.24, 2.45) is 0 Å². The van der Waals surface area contributed by atoms with Crippen LogP contribution in [0.5, 0.6) is 5.75 Å². The van der Waals surface area contributed by atoms with Gasteiger partial charge >= 0.3 is 0 Å². The Kier molecular flexibility index (Phi) is 6.23. The van der Waals surface area contributed by atoms with Crippen molar-refractivity contribution in [3.05, 3.63) is 65.2 Å². The molecule has 5 nitrogen and oxygen atoms in total. The van der Waals surface area contributed by atoms with Crippen LogP contribution >= 0.6 is 0 Å². The Morgan fingerprint density at radius 1 is 1.14 bits per heavy atom. The maximum absolute atomic E-state index is 9.00. The molecule has 1 heterocycles. The van der Waals surface area contributed by atoms with Gasteiger partial charge in [-0.25, -0.2) is 0 Å². The summed E-state index contributed by atoms with van der Waals surface area (Å²) in [6, 6.07) is 18.7. The molecule has 28 heavy (non-hydrogen) atoms. The van der Waals surface area contributed by atoms with Gasteiger partial charge in [0.25, 0.3) is 0 Å². The van der Waals surface area contributed by atoms with Gasteiger partial charge in [-0.2, -0.15) is 5.26 Å². The van der Waals surface area contributed by atoms with E-state index in [4.69, 9.17) is 14.7 Å². The number of morpholine rings is 1. The van der Waals surface area contributed by atoms with Crippen LogP contribution in [0.4, 0.5) is 0 Å². The SMILES string of the molecule is N#Cc1cccc(COc2cccc(CNCC3CN(C4CC4)CCO3)c2)c1. The fourth-order valence-corrected chi connectivity index (χ4v) is 3.66. The van der Waals surface area contributed by atoms with Crippen molar-refractivity contribution >= 4 is 0 Å². The second-order valence-corrected chi connectivity index (χ2v) is 7.60. The number of nitrogens with one attached hydrogen (secondary N) is 1. The van der Waals surface area contributed by atoms with E-state index in [-0.39, 0.29) is 6.10 Å². The van der Waals surface area contributed by atoms with Gasteiger partial charge in [0.05, 0.1) is 24.3 Å². The van der Waals surface area contributed by atoms with E-state index in [0.29, 0.717) is 12.2 Å². The van der Waals surface area contributed by atoms with Gasteiger partial charge in [-0.05, 0) is 48.2 Å². The lowest BCUT2D eigenvalue weighted by atomic mass is 10.1. The minimum Gasteiger partial charge on any atom is -0.489 e. The van der Waals surface area contributed by atoms with Crippen LogP contribution in [0.25, 0.3) is 0 Å². The monoisotopic (exact) mass is 377 g/mol. The molecule has 0 bridgehead atoms. The van der Waals surface area contributed by atoms with Crippen molar-refractivity contribution in [2.45, 2.75) is 38.1 Å². The molecule has 0 amide bonds. The lowest BCUT2D eigenvalue weighted by Gasteiger charge is -2.33. The quantitative estimate of drug-likeness (QED) is 0.766. The predicted octanol–water partition coefficient (Wildman–Crippen LogP) is 3.09. The van der Waals surface area contributed by atoms with Gasteiger partial charge < -0.3 is 14.8 Å². The molecule has 2 fully saturated rings. The predicted molar refractivity (Wildman–Crippen MR) is 108 cm³/mol. The van der Waals surface area contributed by atoms with Gasteiger partial charge in [0.2, 0.25) is 0 Å². The molecule has 0 aromatic heterocycles. The Morgan fingerprint density at radius 2 is 2.00 bits per heavy atom. The molecule has 1 unspecified atom stereocenters. The first-order valence-corrected chi connectivity index (χ1v) is 10.1. The molecule has 2 aliphatic rings. The van der Waals surface area contributed by atoms with Crippen LogP contribution in [0.1, 0.15) is 29.5 Å². The molecule has 1 aliphatic heterocycles. The molecule has 2 aromatic carbocycles. The number of benzene rings is 2. The second-order valence-electron chi connectivity index (χ2n) is 7.60. The zero-order chi connectivity index (χ0) is 19.2. The summed E-state index contributed by atoms with van der Waals surface area (Å²) in [6.45, 7) is 5.10. The van der Waals surface area contributed by atoms with E-state index in [2.05, 4.69) is 28.4 Å². The minimum absolute atomic E-state index is 0.279. The van der Waals surface area contributed by atoms with Crippen molar-refractivity contribution in [1.82, 2.24) is 10.2 Å². The topological polar surface area (TPSA) is 57.5 Å². The van der Waals surface area contributed by atoms with E-state index in [1.54, 1.807) is 6.07 Å². The molecular formula is C23H27N3O2. The zero-order valence-corrected chi connectivity index (χ0v) is 16.1. The van der Waals surface area contributed by atoms with Crippen molar-refractivity contribution in [3.8, 4) is 11.8 Å². The van der Waals surface area contributed by atoms with Gasteiger partial charge in [-0.3, -0.25) is 4.90 Å². The van der Waals surface area contributed by atoms with Crippen LogP contribution < -0.4 is 10.1 Å². The first-order chi connectivity index (χ1) is 13.8. The average Bonchev–Trinajstić information content (AvgIpc) is 3.59. The highest BCUT2D eigenvalue weighted by molar-refractivity contribution is 5.33. The Bertz CT molecular complexity index is 829. The fraction of sp³-hybridized carbons (Fsp3) is 0.435. The molecule has 0 spiro atoms. The molecule has 0 radical (unpaired) electrons. The molecule has 1 N–H and O–H groups in total. The molecule has 1 aliphatic carbocycles. The van der Waals surface area contributed by atoms with E-state index in [1.807, 2.05) is 30.3 Å². The number of ether oxygens (including phenoxy) is 2.